The number of hydrogen-bond donors (Lipinski definition) is 2. The van der Waals surface area contributed by atoms with Crippen molar-refractivity contribution in [2.45, 2.75) is 277 Å². The second-order valence-electron chi connectivity index (χ2n) is 20.8. The number of allylic oxidation sites excluding steroid dienone is 7. The number of nitrogens with one attached hydrogen (secondary N) is 1. The minimum atomic E-state index is -4.44. The normalized spacial score (nSPS) is 14.1. The van der Waals surface area contributed by atoms with Crippen molar-refractivity contribution < 1.29 is 37.3 Å². The number of likely N-dealkylation sites (N-methyl/N-ethyl adjacent to an activating group) is 1. The van der Waals surface area contributed by atoms with Crippen LogP contribution in [0.4, 0.5) is 0 Å². The molecule has 69 heavy (non-hydrogen) atoms. The number of ether oxygens (including phenoxy) is 1. The van der Waals surface area contributed by atoms with Gasteiger partial charge in [0.05, 0.1) is 33.8 Å². The number of carbonyl (C=O) groups is 2. The van der Waals surface area contributed by atoms with Gasteiger partial charge in [-0.1, -0.05) is 211 Å². The Morgan fingerprint density at radius 1 is 0.507 bits per heavy atom. The second-order valence-corrected chi connectivity index (χ2v) is 22.3. The summed E-state index contributed by atoms with van der Waals surface area (Å²) in [5, 5.41) is 3.03. The van der Waals surface area contributed by atoms with Crippen molar-refractivity contribution in [3.8, 4) is 0 Å². The van der Waals surface area contributed by atoms with Crippen molar-refractivity contribution in [3.05, 3.63) is 48.6 Å². The molecule has 0 spiro atoms. The van der Waals surface area contributed by atoms with Gasteiger partial charge in [-0.25, -0.2) is 4.57 Å². The number of hydrogen-bond acceptors (Lipinski definition) is 6. The molecule has 0 heterocycles. The van der Waals surface area contributed by atoms with Gasteiger partial charge >= 0.3 is 13.8 Å². The standard InChI is InChI=1S/C59H111N2O7P/c1-7-10-13-16-19-22-25-27-28-29-30-31-32-34-37-40-43-46-49-52-59(63)68-57(50-47-44-41-38-35-24-21-18-15-12-9-3)56(55-67-69(64,65)66-54-53-61(4,5)6)60-58(62)51-48-45-42-39-36-33-26-23-20-17-14-11-8-2/h19,22,27-28,33,36,47,50,56-57H,7-18,20-21,23-26,29-32,34-35,37-46,48-49,51-55H2,1-6H3,(H-,60,62,64,65)/p+1/b22-19-,28-27-,36-33-,50-47-. The number of esters is 1. The Kier molecular flexibility index (Phi) is 48.1. The molecule has 0 aliphatic heterocycles. The third-order valence-electron chi connectivity index (χ3n) is 12.7. The van der Waals surface area contributed by atoms with E-state index in [0.29, 0.717) is 17.4 Å². The first-order valence-corrected chi connectivity index (χ1v) is 30.5. The lowest BCUT2D eigenvalue weighted by Crippen LogP contribution is -2.47. The Balaban J connectivity index is 5.29. The van der Waals surface area contributed by atoms with Gasteiger partial charge in [0.25, 0.3) is 0 Å². The predicted molar refractivity (Wildman–Crippen MR) is 295 cm³/mol. The zero-order chi connectivity index (χ0) is 50.8. The fourth-order valence-corrected chi connectivity index (χ4v) is 8.94. The van der Waals surface area contributed by atoms with Crippen LogP contribution in [-0.4, -0.2) is 74.3 Å². The van der Waals surface area contributed by atoms with Gasteiger partial charge in [-0.3, -0.25) is 18.6 Å². The van der Waals surface area contributed by atoms with Gasteiger partial charge in [-0.2, -0.15) is 0 Å². The van der Waals surface area contributed by atoms with E-state index in [1.165, 1.54) is 154 Å². The number of rotatable bonds is 52. The summed E-state index contributed by atoms with van der Waals surface area (Å²) in [7, 11) is 1.49. The average molecular weight is 993 g/mol. The molecule has 9 nitrogen and oxygen atoms in total. The minimum Gasteiger partial charge on any atom is -0.456 e. The van der Waals surface area contributed by atoms with Crippen molar-refractivity contribution >= 4 is 19.7 Å². The summed E-state index contributed by atoms with van der Waals surface area (Å²) >= 11 is 0. The SMILES string of the molecule is CCCCC/C=C\C/C=C\CCCCCCCCCCCC(=O)OC(/C=C\CCCCCCCCCCC)C(COP(=O)(O)OCC[N+](C)(C)C)NC(=O)CCCCC/C=C\CCCCCCCC. The van der Waals surface area contributed by atoms with E-state index in [1.807, 2.05) is 33.3 Å². The topological polar surface area (TPSA) is 111 Å². The number of carbonyl (C=O) groups excluding carboxylic acids is 2. The molecule has 0 aliphatic rings. The lowest BCUT2D eigenvalue weighted by Gasteiger charge is -2.27. The van der Waals surface area contributed by atoms with Crippen LogP contribution in [0.5, 0.6) is 0 Å². The number of amides is 1. The van der Waals surface area contributed by atoms with Crippen LogP contribution in [0.1, 0.15) is 265 Å². The van der Waals surface area contributed by atoms with E-state index in [-0.39, 0.29) is 31.5 Å². The highest BCUT2D eigenvalue weighted by molar-refractivity contribution is 7.47. The number of quaternary nitrogens is 1. The number of phosphoric ester groups is 1. The third kappa shape index (κ3) is 50.7. The van der Waals surface area contributed by atoms with Gasteiger partial charge in [0, 0.05) is 12.8 Å². The molecule has 10 heteroatoms. The summed E-state index contributed by atoms with van der Waals surface area (Å²) in [4.78, 5) is 37.5. The Hall–Kier alpha value is -2.03. The molecule has 0 aromatic carbocycles. The molecule has 0 fully saturated rings. The van der Waals surface area contributed by atoms with Crippen LogP contribution in [-0.2, 0) is 27.9 Å². The van der Waals surface area contributed by atoms with Crippen LogP contribution in [0.15, 0.2) is 48.6 Å². The highest BCUT2D eigenvalue weighted by atomic mass is 31.2. The Morgan fingerprint density at radius 3 is 1.36 bits per heavy atom. The van der Waals surface area contributed by atoms with E-state index in [2.05, 4.69) is 62.5 Å². The van der Waals surface area contributed by atoms with Crippen molar-refractivity contribution in [2.75, 3.05) is 40.9 Å². The zero-order valence-corrected chi connectivity index (χ0v) is 47.0. The summed E-state index contributed by atoms with van der Waals surface area (Å²) in [5.41, 5.74) is 0. The minimum absolute atomic E-state index is 0.0369. The highest BCUT2D eigenvalue weighted by Gasteiger charge is 2.30. The molecule has 0 bridgehead atoms. The summed E-state index contributed by atoms with van der Waals surface area (Å²) < 4.78 is 30.6. The number of unbranched alkanes of at least 4 members (excludes halogenated alkanes) is 30. The van der Waals surface area contributed by atoms with Crippen LogP contribution in [0.3, 0.4) is 0 Å². The summed E-state index contributed by atoms with van der Waals surface area (Å²) in [5.74, 6) is -0.525. The molecule has 0 aliphatic carbocycles. The molecule has 0 saturated heterocycles. The maximum absolute atomic E-state index is 13.5. The predicted octanol–water partition coefficient (Wildman–Crippen LogP) is 17.3. The molecular formula is C59H112N2O7P+. The van der Waals surface area contributed by atoms with Gasteiger partial charge in [-0.05, 0) is 89.5 Å². The fraction of sp³-hybridized carbons (Fsp3) is 0.831. The number of phosphoric acid groups is 1. The van der Waals surface area contributed by atoms with Gasteiger partial charge in [0.1, 0.15) is 19.3 Å². The maximum Gasteiger partial charge on any atom is 0.472 e. The molecule has 0 radical (unpaired) electrons. The van der Waals surface area contributed by atoms with E-state index in [1.54, 1.807) is 0 Å². The van der Waals surface area contributed by atoms with Gasteiger partial charge < -0.3 is 19.4 Å². The first-order valence-electron chi connectivity index (χ1n) is 29.0. The monoisotopic (exact) mass is 992 g/mol. The molecule has 0 aromatic rings. The molecule has 2 N–H and O–H groups in total. The van der Waals surface area contributed by atoms with Gasteiger partial charge in [-0.15, -0.1) is 0 Å². The Bertz CT molecular complexity index is 1330. The molecule has 0 rings (SSSR count). The van der Waals surface area contributed by atoms with Crippen molar-refractivity contribution in [2.24, 2.45) is 0 Å². The van der Waals surface area contributed by atoms with Crippen molar-refractivity contribution in [3.63, 3.8) is 0 Å². The maximum atomic E-state index is 13.5. The third-order valence-corrected chi connectivity index (χ3v) is 13.7. The van der Waals surface area contributed by atoms with E-state index < -0.39 is 20.0 Å². The van der Waals surface area contributed by atoms with E-state index >= 15 is 0 Å². The largest absolute Gasteiger partial charge is 0.472 e. The quantitative estimate of drug-likeness (QED) is 0.0205. The molecule has 0 saturated carbocycles. The average Bonchev–Trinajstić information content (AvgIpc) is 3.31. The van der Waals surface area contributed by atoms with Crippen LogP contribution in [0.25, 0.3) is 0 Å². The lowest BCUT2D eigenvalue weighted by molar-refractivity contribution is -0.870. The second kappa shape index (κ2) is 49.5. The molecule has 3 atom stereocenters. The smallest absolute Gasteiger partial charge is 0.456 e. The summed E-state index contributed by atoms with van der Waals surface area (Å²) in [6, 6.07) is -0.855. The zero-order valence-electron chi connectivity index (χ0n) is 46.1. The molecule has 3 unspecified atom stereocenters. The highest BCUT2D eigenvalue weighted by Crippen LogP contribution is 2.43. The van der Waals surface area contributed by atoms with E-state index in [0.717, 1.165) is 77.0 Å². The van der Waals surface area contributed by atoms with E-state index in [9.17, 15) is 19.0 Å². The summed E-state index contributed by atoms with van der Waals surface area (Å²) in [6.07, 6.45) is 59.6. The van der Waals surface area contributed by atoms with Gasteiger partial charge in [0.15, 0.2) is 0 Å². The molecular weight excluding hydrogens is 880 g/mol. The Morgan fingerprint density at radius 2 is 0.884 bits per heavy atom. The molecule has 1 amide bonds. The first-order chi connectivity index (χ1) is 33.4. The van der Waals surface area contributed by atoms with Crippen molar-refractivity contribution in [1.29, 1.82) is 0 Å². The van der Waals surface area contributed by atoms with E-state index in [4.69, 9.17) is 13.8 Å². The van der Waals surface area contributed by atoms with Crippen LogP contribution >= 0.6 is 7.82 Å². The summed E-state index contributed by atoms with van der Waals surface area (Å²) in [6.45, 7) is 6.96. The van der Waals surface area contributed by atoms with Crippen molar-refractivity contribution in [1.82, 2.24) is 5.32 Å². The van der Waals surface area contributed by atoms with Crippen LogP contribution in [0.2, 0.25) is 0 Å². The molecule has 0 aromatic heterocycles. The van der Waals surface area contributed by atoms with Crippen LogP contribution in [0, 0.1) is 0 Å². The lowest BCUT2D eigenvalue weighted by atomic mass is 10.1. The number of nitrogens with zero attached hydrogens (tertiary/aromatic N) is 1. The fourth-order valence-electron chi connectivity index (χ4n) is 8.20. The Labute approximate surface area is 427 Å². The molecule has 404 valence electrons. The van der Waals surface area contributed by atoms with Gasteiger partial charge in [0.2, 0.25) is 5.91 Å². The van der Waals surface area contributed by atoms with Crippen LogP contribution < -0.4 is 5.32 Å². The first kappa shape index (κ1) is 67.0.